The zero-order chi connectivity index (χ0) is 26.3. The molecule has 0 spiro atoms. The van der Waals surface area contributed by atoms with Gasteiger partial charge in [-0.25, -0.2) is 9.18 Å². The molecule has 184 valence electrons. The van der Waals surface area contributed by atoms with Crippen LogP contribution < -0.4 is 5.32 Å². The van der Waals surface area contributed by atoms with Gasteiger partial charge in [0, 0.05) is 23.6 Å². The number of fused-ring (bicyclic) bond motifs is 1. The maximum atomic E-state index is 13.8. The van der Waals surface area contributed by atoms with Gasteiger partial charge in [0.25, 0.3) is 0 Å². The molecule has 7 nitrogen and oxygen atoms in total. The highest BCUT2D eigenvalue weighted by atomic mass is 19.4. The number of nitriles is 1. The number of aliphatic carboxylic acids is 1. The van der Waals surface area contributed by atoms with E-state index in [-0.39, 0.29) is 23.1 Å². The summed E-state index contributed by atoms with van der Waals surface area (Å²) >= 11 is 0. The lowest BCUT2D eigenvalue weighted by Crippen LogP contribution is -2.30. The number of phenols is 1. The third-order valence-electron chi connectivity index (χ3n) is 4.68. The molecule has 0 saturated heterocycles. The van der Waals surface area contributed by atoms with E-state index in [4.69, 9.17) is 15.2 Å². The van der Waals surface area contributed by atoms with E-state index in [1.165, 1.54) is 18.2 Å². The number of alkyl halides is 3. The fourth-order valence-electron chi connectivity index (χ4n) is 3.12. The van der Waals surface area contributed by atoms with Gasteiger partial charge in [0.1, 0.15) is 23.2 Å². The van der Waals surface area contributed by atoms with Gasteiger partial charge in [-0.2, -0.15) is 18.4 Å². The molecule has 1 heterocycles. The molecule has 1 atom stereocenters. The molecule has 2 aromatic carbocycles. The van der Waals surface area contributed by atoms with Crippen molar-refractivity contribution in [1.29, 1.82) is 5.26 Å². The molecule has 0 saturated carbocycles. The smallest absolute Gasteiger partial charge is 0.490 e. The van der Waals surface area contributed by atoms with E-state index in [0.717, 1.165) is 5.39 Å². The van der Waals surface area contributed by atoms with Gasteiger partial charge in [-0.1, -0.05) is 38.1 Å². The Labute approximate surface area is 197 Å². The number of hydrogen-bond donors (Lipinski definition) is 3. The number of aromatic hydroxyl groups is 1. The van der Waals surface area contributed by atoms with Gasteiger partial charge in [-0.3, -0.25) is 9.78 Å². The van der Waals surface area contributed by atoms with Gasteiger partial charge in [-0.05, 0) is 29.7 Å². The number of carbonyl (C=O) groups is 2. The van der Waals surface area contributed by atoms with E-state index in [0.29, 0.717) is 23.1 Å². The summed E-state index contributed by atoms with van der Waals surface area (Å²) in [5, 5.41) is 30.7. The topological polar surface area (TPSA) is 123 Å². The second kappa shape index (κ2) is 11.3. The van der Waals surface area contributed by atoms with Crippen LogP contribution in [0.5, 0.6) is 5.75 Å². The molecule has 1 amide bonds. The molecule has 11 heteroatoms. The summed E-state index contributed by atoms with van der Waals surface area (Å²) in [5.74, 6) is -3.51. The average Bonchev–Trinajstić information content (AvgIpc) is 2.78. The van der Waals surface area contributed by atoms with Crippen LogP contribution in [-0.4, -0.2) is 33.2 Å². The predicted molar refractivity (Wildman–Crippen MR) is 118 cm³/mol. The molecule has 0 bridgehead atoms. The van der Waals surface area contributed by atoms with Crippen LogP contribution in [0, 0.1) is 23.1 Å². The van der Waals surface area contributed by atoms with E-state index in [9.17, 15) is 27.5 Å². The Balaban J connectivity index is 0.000000540. The highest BCUT2D eigenvalue weighted by Crippen LogP contribution is 2.35. The number of nitrogens with one attached hydrogen (secondary N) is 1. The summed E-state index contributed by atoms with van der Waals surface area (Å²) in [6.45, 7) is 3.86. The fourth-order valence-corrected chi connectivity index (χ4v) is 3.12. The van der Waals surface area contributed by atoms with Crippen molar-refractivity contribution in [2.75, 3.05) is 0 Å². The van der Waals surface area contributed by atoms with Crippen molar-refractivity contribution in [2.24, 2.45) is 5.92 Å². The first-order chi connectivity index (χ1) is 16.3. The number of carboxylic acid groups (broad SMARTS) is 1. The molecule has 1 aromatic heterocycles. The largest absolute Gasteiger partial charge is 0.505 e. The molecule has 0 fully saturated rings. The second-order valence-corrected chi connectivity index (χ2v) is 7.83. The van der Waals surface area contributed by atoms with Crippen LogP contribution in [-0.2, 0) is 9.59 Å². The van der Waals surface area contributed by atoms with E-state index in [2.05, 4.69) is 10.3 Å². The minimum absolute atomic E-state index is 0.0595. The Morgan fingerprint density at radius 1 is 1.17 bits per heavy atom. The average molecular weight is 491 g/mol. The summed E-state index contributed by atoms with van der Waals surface area (Å²) in [6, 6.07) is 12.2. The Morgan fingerprint density at radius 2 is 1.83 bits per heavy atom. The third-order valence-corrected chi connectivity index (χ3v) is 4.68. The molecule has 35 heavy (non-hydrogen) atoms. The van der Waals surface area contributed by atoms with Gasteiger partial charge in [0.05, 0.1) is 11.6 Å². The number of carboxylic acids is 1. The van der Waals surface area contributed by atoms with Crippen LogP contribution in [0.1, 0.15) is 43.0 Å². The van der Waals surface area contributed by atoms with Crippen molar-refractivity contribution in [3.05, 3.63) is 71.2 Å². The summed E-state index contributed by atoms with van der Waals surface area (Å²) in [5.41, 5.74) is 1.21. The summed E-state index contributed by atoms with van der Waals surface area (Å²) in [7, 11) is 0. The Kier molecular flexibility index (Phi) is 8.72. The SMILES string of the molecule is CC(C)CC(=O)NC(c1ccc(F)c(C#N)c1)c1ccc2cccnc2c1O.O=C(O)C(F)(F)F. The number of nitrogens with zero attached hydrogens (tertiary/aromatic N) is 2. The first-order valence-electron chi connectivity index (χ1n) is 10.2. The minimum Gasteiger partial charge on any atom is -0.505 e. The Hall–Kier alpha value is -4.20. The standard InChI is InChI=1S/C22H20FN3O2.C2HF3O2/c1-13(2)10-19(27)26-20(15-6-8-18(23)16(11-15)12-24)17-7-5-14-4-3-9-25-21(14)22(17)28;3-2(4,5)1(6)7/h3-9,11,13,20,28H,10H2,1-2H3,(H,26,27);(H,6,7). The highest BCUT2D eigenvalue weighted by Gasteiger charge is 2.38. The summed E-state index contributed by atoms with van der Waals surface area (Å²) in [4.78, 5) is 25.6. The fraction of sp³-hybridized carbons (Fsp3) is 0.250. The number of hydrogen-bond acceptors (Lipinski definition) is 5. The zero-order valence-corrected chi connectivity index (χ0v) is 18.6. The van der Waals surface area contributed by atoms with Gasteiger partial charge < -0.3 is 15.5 Å². The number of amides is 1. The van der Waals surface area contributed by atoms with Crippen molar-refractivity contribution in [3.8, 4) is 11.8 Å². The number of benzene rings is 2. The predicted octanol–water partition coefficient (Wildman–Crippen LogP) is 4.84. The number of carbonyl (C=O) groups excluding carboxylic acids is 1. The van der Waals surface area contributed by atoms with Crippen LogP contribution in [0.2, 0.25) is 0 Å². The molecule has 0 radical (unpaired) electrons. The van der Waals surface area contributed by atoms with E-state index >= 15 is 0 Å². The Bertz CT molecular complexity index is 1270. The van der Waals surface area contributed by atoms with E-state index in [1.54, 1.807) is 24.4 Å². The maximum Gasteiger partial charge on any atom is 0.490 e. The van der Waals surface area contributed by atoms with Gasteiger partial charge in [-0.15, -0.1) is 0 Å². The normalized spacial score (nSPS) is 11.8. The zero-order valence-electron chi connectivity index (χ0n) is 18.6. The molecule has 1 unspecified atom stereocenters. The van der Waals surface area contributed by atoms with E-state index < -0.39 is 24.0 Å². The van der Waals surface area contributed by atoms with Crippen molar-refractivity contribution in [2.45, 2.75) is 32.5 Å². The first kappa shape index (κ1) is 27.0. The third kappa shape index (κ3) is 7.14. The van der Waals surface area contributed by atoms with Crippen molar-refractivity contribution >= 4 is 22.8 Å². The minimum atomic E-state index is -5.08. The monoisotopic (exact) mass is 491 g/mol. The number of halogens is 4. The molecule has 0 aliphatic heterocycles. The van der Waals surface area contributed by atoms with Gasteiger partial charge in [0.2, 0.25) is 5.91 Å². The van der Waals surface area contributed by atoms with Crippen molar-refractivity contribution in [3.63, 3.8) is 0 Å². The van der Waals surface area contributed by atoms with Crippen LogP contribution in [0.25, 0.3) is 10.9 Å². The van der Waals surface area contributed by atoms with Crippen molar-refractivity contribution in [1.82, 2.24) is 10.3 Å². The molecular weight excluding hydrogens is 470 g/mol. The Morgan fingerprint density at radius 3 is 2.40 bits per heavy atom. The van der Waals surface area contributed by atoms with Gasteiger partial charge >= 0.3 is 12.1 Å². The molecule has 3 aromatic rings. The molecule has 0 aliphatic carbocycles. The lowest BCUT2D eigenvalue weighted by atomic mass is 9.94. The first-order valence-corrected chi connectivity index (χ1v) is 10.2. The second-order valence-electron chi connectivity index (χ2n) is 7.83. The van der Waals surface area contributed by atoms with E-state index in [1.807, 2.05) is 26.0 Å². The molecule has 3 N–H and O–H groups in total. The lowest BCUT2D eigenvalue weighted by Gasteiger charge is -2.22. The maximum absolute atomic E-state index is 13.8. The molecule has 3 rings (SSSR count). The lowest BCUT2D eigenvalue weighted by molar-refractivity contribution is -0.192. The quantitative estimate of drug-likeness (QED) is 0.439. The van der Waals surface area contributed by atoms with Crippen molar-refractivity contribution < 1.29 is 37.4 Å². The molecule has 0 aliphatic rings. The number of pyridine rings is 1. The van der Waals surface area contributed by atoms with Gasteiger partial charge in [0.15, 0.2) is 0 Å². The summed E-state index contributed by atoms with van der Waals surface area (Å²) < 4.78 is 45.5. The van der Waals surface area contributed by atoms with Crippen LogP contribution in [0.4, 0.5) is 17.6 Å². The summed E-state index contributed by atoms with van der Waals surface area (Å²) in [6.07, 6.45) is -3.21. The van der Waals surface area contributed by atoms with Crippen LogP contribution >= 0.6 is 0 Å². The van der Waals surface area contributed by atoms with Crippen LogP contribution in [0.3, 0.4) is 0 Å². The molecular formula is C24H21F4N3O4. The highest BCUT2D eigenvalue weighted by molar-refractivity contribution is 5.86. The number of phenolic OH excluding ortho intramolecular Hbond substituents is 1. The number of aromatic nitrogens is 1. The van der Waals surface area contributed by atoms with Crippen LogP contribution in [0.15, 0.2) is 48.7 Å². The number of rotatable bonds is 5.